The van der Waals surface area contributed by atoms with E-state index in [9.17, 15) is 9.59 Å². The largest absolute Gasteiger partial charge is 0.510 e. The van der Waals surface area contributed by atoms with E-state index in [-0.39, 0.29) is 12.5 Å². The van der Waals surface area contributed by atoms with Gasteiger partial charge in [-0.1, -0.05) is 30.9 Å². The zero-order valence-electron chi connectivity index (χ0n) is 14.4. The van der Waals surface area contributed by atoms with Crippen LogP contribution in [0.25, 0.3) is 0 Å². The van der Waals surface area contributed by atoms with Gasteiger partial charge in [0.2, 0.25) is 0 Å². The lowest BCUT2D eigenvalue weighted by molar-refractivity contribution is -0.0102. The molecule has 23 heavy (non-hydrogen) atoms. The predicted octanol–water partition coefficient (Wildman–Crippen LogP) is 4.20. The van der Waals surface area contributed by atoms with Crippen LogP contribution in [-0.4, -0.2) is 36.1 Å². The molecule has 0 bridgehead atoms. The number of amides is 1. The highest BCUT2D eigenvalue weighted by Crippen LogP contribution is 2.28. The van der Waals surface area contributed by atoms with Crippen molar-refractivity contribution >= 4 is 23.8 Å². The van der Waals surface area contributed by atoms with Crippen molar-refractivity contribution in [2.24, 2.45) is 5.92 Å². The SMILES string of the molecule is CC(Cl)OC(=O)OC(CNC(=O)OC(C)(C)C)C1CCCCC1. The van der Waals surface area contributed by atoms with Crippen LogP contribution >= 0.6 is 11.6 Å². The molecule has 0 heterocycles. The number of halogens is 1. The Balaban J connectivity index is 2.56. The smallest absolute Gasteiger partial charge is 0.444 e. The average Bonchev–Trinajstić information content (AvgIpc) is 2.41. The van der Waals surface area contributed by atoms with Gasteiger partial charge in [-0.15, -0.1) is 0 Å². The molecule has 0 radical (unpaired) electrons. The van der Waals surface area contributed by atoms with E-state index < -0.39 is 29.5 Å². The van der Waals surface area contributed by atoms with Gasteiger partial charge in [0.05, 0.1) is 6.54 Å². The lowest BCUT2D eigenvalue weighted by Gasteiger charge is -2.30. The summed E-state index contributed by atoms with van der Waals surface area (Å²) < 4.78 is 15.4. The van der Waals surface area contributed by atoms with Crippen LogP contribution in [0, 0.1) is 5.92 Å². The van der Waals surface area contributed by atoms with Crippen LogP contribution in [0.5, 0.6) is 0 Å². The third kappa shape index (κ3) is 8.89. The van der Waals surface area contributed by atoms with E-state index in [1.807, 2.05) is 0 Å². The second-order valence-electron chi connectivity index (χ2n) is 6.85. The minimum Gasteiger partial charge on any atom is -0.444 e. The molecule has 1 N–H and O–H groups in total. The first kappa shape index (κ1) is 19.9. The fourth-order valence-electron chi connectivity index (χ4n) is 2.59. The summed E-state index contributed by atoms with van der Waals surface area (Å²) in [7, 11) is 0. The summed E-state index contributed by atoms with van der Waals surface area (Å²) in [4.78, 5) is 23.5. The molecule has 1 amide bonds. The second-order valence-corrected chi connectivity index (χ2v) is 7.46. The standard InChI is InChI=1S/C16H28ClNO5/c1-11(17)21-15(20)22-13(12-8-6-5-7-9-12)10-18-14(19)23-16(2,3)4/h11-13H,5-10H2,1-4H3,(H,18,19). The third-order valence-electron chi connectivity index (χ3n) is 3.53. The topological polar surface area (TPSA) is 73.9 Å². The highest BCUT2D eigenvalue weighted by molar-refractivity contribution is 6.19. The van der Waals surface area contributed by atoms with Gasteiger partial charge in [0.15, 0.2) is 5.56 Å². The lowest BCUT2D eigenvalue weighted by Crippen LogP contribution is -2.42. The molecule has 1 aliphatic carbocycles. The number of carbonyl (C=O) groups is 2. The van der Waals surface area contributed by atoms with Crippen LogP contribution in [0.1, 0.15) is 59.8 Å². The number of hydrogen-bond acceptors (Lipinski definition) is 5. The summed E-state index contributed by atoms with van der Waals surface area (Å²) in [5.41, 5.74) is -1.33. The van der Waals surface area contributed by atoms with Gasteiger partial charge >= 0.3 is 12.2 Å². The Labute approximate surface area is 143 Å². The van der Waals surface area contributed by atoms with Crippen LogP contribution in [-0.2, 0) is 14.2 Å². The number of alkyl halides is 1. The summed E-state index contributed by atoms with van der Waals surface area (Å²) >= 11 is 5.63. The molecule has 0 spiro atoms. The van der Waals surface area contributed by atoms with Crippen molar-refractivity contribution in [2.75, 3.05) is 6.54 Å². The first-order valence-corrected chi connectivity index (χ1v) is 8.59. The van der Waals surface area contributed by atoms with Crippen molar-refractivity contribution in [1.82, 2.24) is 5.32 Å². The number of nitrogens with one attached hydrogen (secondary N) is 1. The number of hydrogen-bond donors (Lipinski definition) is 1. The zero-order chi connectivity index (χ0) is 17.5. The molecule has 0 aromatic heterocycles. The van der Waals surface area contributed by atoms with E-state index in [0.717, 1.165) is 25.7 Å². The van der Waals surface area contributed by atoms with Crippen LogP contribution in [0.2, 0.25) is 0 Å². The van der Waals surface area contributed by atoms with Crippen molar-refractivity contribution in [3.05, 3.63) is 0 Å². The molecular weight excluding hydrogens is 322 g/mol. The third-order valence-corrected chi connectivity index (χ3v) is 3.62. The van der Waals surface area contributed by atoms with E-state index in [4.69, 9.17) is 25.8 Å². The van der Waals surface area contributed by atoms with Gasteiger partial charge < -0.3 is 19.5 Å². The second kappa shape index (κ2) is 9.21. The van der Waals surface area contributed by atoms with Gasteiger partial charge in [0.25, 0.3) is 0 Å². The molecule has 2 atom stereocenters. The van der Waals surface area contributed by atoms with Gasteiger partial charge in [0, 0.05) is 0 Å². The number of ether oxygens (including phenoxy) is 3. The quantitative estimate of drug-likeness (QED) is 0.594. The fraction of sp³-hybridized carbons (Fsp3) is 0.875. The monoisotopic (exact) mass is 349 g/mol. The minimum absolute atomic E-state index is 0.200. The van der Waals surface area contributed by atoms with Crippen molar-refractivity contribution in [3.8, 4) is 0 Å². The molecule has 1 aliphatic rings. The van der Waals surface area contributed by atoms with Crippen LogP contribution in [0.4, 0.5) is 9.59 Å². The number of rotatable bonds is 5. The maximum atomic E-state index is 11.8. The highest BCUT2D eigenvalue weighted by Gasteiger charge is 2.29. The van der Waals surface area contributed by atoms with Gasteiger partial charge in [-0.05, 0) is 46.5 Å². The molecule has 1 saturated carbocycles. The molecule has 1 rings (SSSR count). The lowest BCUT2D eigenvalue weighted by atomic mass is 9.85. The van der Waals surface area contributed by atoms with E-state index in [2.05, 4.69) is 5.32 Å². The summed E-state index contributed by atoms with van der Waals surface area (Å²) in [6, 6.07) is 0. The molecule has 2 unspecified atom stereocenters. The predicted molar refractivity (Wildman–Crippen MR) is 87.5 cm³/mol. The molecule has 0 aliphatic heterocycles. The van der Waals surface area contributed by atoms with Crippen LogP contribution in [0.15, 0.2) is 0 Å². The molecule has 6 nitrogen and oxygen atoms in total. The van der Waals surface area contributed by atoms with E-state index in [1.54, 1.807) is 20.8 Å². The molecule has 0 aromatic rings. The van der Waals surface area contributed by atoms with Crippen molar-refractivity contribution in [1.29, 1.82) is 0 Å². The van der Waals surface area contributed by atoms with Gasteiger partial charge in [-0.3, -0.25) is 0 Å². The first-order valence-electron chi connectivity index (χ1n) is 8.15. The summed E-state index contributed by atoms with van der Waals surface area (Å²) in [5, 5.41) is 2.67. The Morgan fingerprint density at radius 3 is 2.30 bits per heavy atom. The molecule has 1 fully saturated rings. The van der Waals surface area contributed by atoms with E-state index in [1.165, 1.54) is 13.3 Å². The zero-order valence-corrected chi connectivity index (χ0v) is 15.1. The van der Waals surface area contributed by atoms with E-state index in [0.29, 0.717) is 0 Å². The van der Waals surface area contributed by atoms with Gasteiger partial charge in [0.1, 0.15) is 11.7 Å². The normalized spacial score (nSPS) is 18.7. The Hall–Kier alpha value is -1.17. The molecule has 0 aromatic carbocycles. The van der Waals surface area contributed by atoms with Gasteiger partial charge in [-0.2, -0.15) is 0 Å². The molecule has 7 heteroatoms. The maximum Gasteiger partial charge on any atom is 0.510 e. The fourth-order valence-corrected chi connectivity index (χ4v) is 2.67. The summed E-state index contributed by atoms with van der Waals surface area (Å²) in [6.45, 7) is 7.12. The number of carbonyl (C=O) groups excluding carboxylic acids is 2. The maximum absolute atomic E-state index is 11.8. The van der Waals surface area contributed by atoms with Crippen molar-refractivity contribution in [3.63, 3.8) is 0 Å². The van der Waals surface area contributed by atoms with Gasteiger partial charge in [-0.25, -0.2) is 9.59 Å². The van der Waals surface area contributed by atoms with Crippen molar-refractivity contribution < 1.29 is 23.8 Å². The van der Waals surface area contributed by atoms with Crippen molar-refractivity contribution in [2.45, 2.75) is 77.1 Å². The molecule has 134 valence electrons. The highest BCUT2D eigenvalue weighted by atomic mass is 35.5. The average molecular weight is 350 g/mol. The summed E-state index contributed by atoms with van der Waals surface area (Å²) in [5.74, 6) is 0.205. The Morgan fingerprint density at radius 1 is 1.17 bits per heavy atom. The Kier molecular flexibility index (Phi) is 7.95. The Morgan fingerprint density at radius 2 is 1.78 bits per heavy atom. The van der Waals surface area contributed by atoms with Crippen LogP contribution in [0.3, 0.4) is 0 Å². The number of alkyl carbamates (subject to hydrolysis) is 1. The first-order chi connectivity index (χ1) is 10.7. The van der Waals surface area contributed by atoms with Crippen LogP contribution < -0.4 is 5.32 Å². The summed E-state index contributed by atoms with van der Waals surface area (Å²) in [6.07, 6.45) is 3.52. The van der Waals surface area contributed by atoms with E-state index >= 15 is 0 Å². The molecular formula is C16H28ClNO5. The minimum atomic E-state index is -0.811. The Bertz CT molecular complexity index is 388. The molecule has 0 saturated heterocycles.